The highest BCUT2D eigenvalue weighted by Gasteiger charge is 2.24. The van der Waals surface area contributed by atoms with Gasteiger partial charge in [-0.3, -0.25) is 4.79 Å². The Morgan fingerprint density at radius 1 is 1.38 bits per heavy atom. The molecule has 1 amide bonds. The van der Waals surface area contributed by atoms with Crippen LogP contribution in [0.5, 0.6) is 0 Å². The number of rotatable bonds is 4. The molecule has 5 heteroatoms. The molecule has 1 aromatic rings. The van der Waals surface area contributed by atoms with E-state index in [0.29, 0.717) is 17.6 Å². The van der Waals surface area contributed by atoms with Crippen molar-refractivity contribution in [3.8, 4) is 0 Å². The fourth-order valence-electron chi connectivity index (χ4n) is 2.65. The van der Waals surface area contributed by atoms with Gasteiger partial charge in [0, 0.05) is 25.3 Å². The van der Waals surface area contributed by atoms with Gasteiger partial charge < -0.3 is 15.1 Å². The van der Waals surface area contributed by atoms with Crippen molar-refractivity contribution in [3.63, 3.8) is 0 Å². The predicted octanol–water partition coefficient (Wildman–Crippen LogP) is 2.07. The Bertz CT molecular complexity index is 464. The van der Waals surface area contributed by atoms with E-state index in [1.54, 1.807) is 6.20 Å². The van der Waals surface area contributed by atoms with Gasteiger partial charge in [-0.1, -0.05) is 0 Å². The standard InChI is InChI=1S/C16H26N4O/c1-12(2)18-15-6-5-13(11-17-15)16(21)20(4)14-7-9-19(3)10-8-14/h5-6,11-12,14H,7-10H2,1-4H3,(H,17,18). The average molecular weight is 290 g/mol. The molecule has 1 aliphatic heterocycles. The Labute approximate surface area is 127 Å². The van der Waals surface area contributed by atoms with Crippen LogP contribution in [0.25, 0.3) is 0 Å². The molecule has 1 fully saturated rings. The van der Waals surface area contributed by atoms with Crippen LogP contribution in [0.3, 0.4) is 0 Å². The molecule has 21 heavy (non-hydrogen) atoms. The molecular formula is C16H26N4O. The maximum Gasteiger partial charge on any atom is 0.255 e. The molecule has 0 aliphatic carbocycles. The van der Waals surface area contributed by atoms with Crippen LogP contribution >= 0.6 is 0 Å². The minimum absolute atomic E-state index is 0.0631. The van der Waals surface area contributed by atoms with Crippen LogP contribution in [-0.2, 0) is 0 Å². The smallest absolute Gasteiger partial charge is 0.255 e. The third-order valence-corrected chi connectivity index (χ3v) is 4.00. The van der Waals surface area contributed by atoms with Crippen molar-refractivity contribution in [2.45, 2.75) is 38.8 Å². The van der Waals surface area contributed by atoms with E-state index in [-0.39, 0.29) is 5.91 Å². The van der Waals surface area contributed by atoms with E-state index in [0.717, 1.165) is 31.7 Å². The molecule has 2 heterocycles. The number of piperidine rings is 1. The van der Waals surface area contributed by atoms with Crippen LogP contribution < -0.4 is 5.32 Å². The fourth-order valence-corrected chi connectivity index (χ4v) is 2.65. The summed E-state index contributed by atoms with van der Waals surface area (Å²) < 4.78 is 0. The summed E-state index contributed by atoms with van der Waals surface area (Å²) in [5.74, 6) is 0.872. The van der Waals surface area contributed by atoms with Gasteiger partial charge in [0.15, 0.2) is 0 Å². The second-order valence-electron chi connectivity index (χ2n) is 6.18. The number of carbonyl (C=O) groups is 1. The summed E-state index contributed by atoms with van der Waals surface area (Å²) in [7, 11) is 4.03. The third-order valence-electron chi connectivity index (χ3n) is 4.00. The van der Waals surface area contributed by atoms with E-state index in [2.05, 4.69) is 36.1 Å². The number of carbonyl (C=O) groups excluding carboxylic acids is 1. The number of nitrogens with one attached hydrogen (secondary N) is 1. The predicted molar refractivity (Wildman–Crippen MR) is 85.6 cm³/mol. The summed E-state index contributed by atoms with van der Waals surface area (Å²) in [5, 5.41) is 3.23. The van der Waals surface area contributed by atoms with E-state index in [1.165, 1.54) is 0 Å². The largest absolute Gasteiger partial charge is 0.368 e. The second kappa shape index (κ2) is 6.89. The molecule has 0 atom stereocenters. The minimum atomic E-state index is 0.0631. The number of pyridine rings is 1. The van der Waals surface area contributed by atoms with Crippen molar-refractivity contribution >= 4 is 11.7 Å². The lowest BCUT2D eigenvalue weighted by molar-refractivity contribution is 0.0659. The second-order valence-corrected chi connectivity index (χ2v) is 6.18. The van der Waals surface area contributed by atoms with Crippen LogP contribution in [0.2, 0.25) is 0 Å². The fraction of sp³-hybridized carbons (Fsp3) is 0.625. The number of hydrogen-bond donors (Lipinski definition) is 1. The summed E-state index contributed by atoms with van der Waals surface area (Å²) in [6, 6.07) is 4.39. The van der Waals surface area contributed by atoms with Gasteiger partial charge in [-0.05, 0) is 59.0 Å². The van der Waals surface area contributed by atoms with E-state index in [9.17, 15) is 4.79 Å². The zero-order chi connectivity index (χ0) is 15.4. The van der Waals surface area contributed by atoms with Crippen LogP contribution in [0.15, 0.2) is 18.3 Å². The molecule has 0 bridgehead atoms. The Balaban J connectivity index is 1.98. The summed E-state index contributed by atoms with van der Waals surface area (Å²) >= 11 is 0. The molecular weight excluding hydrogens is 264 g/mol. The van der Waals surface area contributed by atoms with Gasteiger partial charge in [-0.25, -0.2) is 4.98 Å². The zero-order valence-electron chi connectivity index (χ0n) is 13.5. The van der Waals surface area contributed by atoms with Crippen molar-refractivity contribution in [1.82, 2.24) is 14.8 Å². The number of aromatic nitrogens is 1. The molecule has 116 valence electrons. The van der Waals surface area contributed by atoms with E-state index in [1.807, 2.05) is 24.1 Å². The van der Waals surface area contributed by atoms with Gasteiger partial charge in [-0.15, -0.1) is 0 Å². The van der Waals surface area contributed by atoms with Crippen LogP contribution in [0.4, 0.5) is 5.82 Å². The molecule has 0 spiro atoms. The molecule has 5 nitrogen and oxygen atoms in total. The van der Waals surface area contributed by atoms with E-state index in [4.69, 9.17) is 0 Å². The van der Waals surface area contributed by atoms with Gasteiger partial charge in [0.25, 0.3) is 5.91 Å². The molecule has 1 N–H and O–H groups in total. The van der Waals surface area contributed by atoms with Crippen LogP contribution in [-0.4, -0.2) is 60.0 Å². The average Bonchev–Trinajstić information content (AvgIpc) is 2.47. The number of nitrogens with zero attached hydrogens (tertiary/aromatic N) is 3. The van der Waals surface area contributed by atoms with Gasteiger partial charge in [0.05, 0.1) is 5.56 Å². The SMILES string of the molecule is CC(C)Nc1ccc(C(=O)N(C)C2CCN(C)CC2)cn1. The maximum atomic E-state index is 12.5. The molecule has 0 radical (unpaired) electrons. The zero-order valence-corrected chi connectivity index (χ0v) is 13.5. The first-order valence-corrected chi connectivity index (χ1v) is 7.65. The Morgan fingerprint density at radius 2 is 2.05 bits per heavy atom. The van der Waals surface area contributed by atoms with Crippen molar-refractivity contribution in [2.24, 2.45) is 0 Å². The quantitative estimate of drug-likeness (QED) is 0.922. The van der Waals surface area contributed by atoms with E-state index < -0.39 is 0 Å². The summed E-state index contributed by atoms with van der Waals surface area (Å²) in [5.41, 5.74) is 0.658. The molecule has 0 aromatic carbocycles. The number of amides is 1. The van der Waals surface area contributed by atoms with Crippen molar-refractivity contribution in [3.05, 3.63) is 23.9 Å². The number of hydrogen-bond acceptors (Lipinski definition) is 4. The Hall–Kier alpha value is -1.62. The lowest BCUT2D eigenvalue weighted by Gasteiger charge is -2.35. The first-order chi connectivity index (χ1) is 9.97. The highest BCUT2D eigenvalue weighted by molar-refractivity contribution is 5.94. The summed E-state index contributed by atoms with van der Waals surface area (Å²) in [6.07, 6.45) is 3.75. The minimum Gasteiger partial charge on any atom is -0.368 e. The normalized spacial score (nSPS) is 17.0. The van der Waals surface area contributed by atoms with Gasteiger partial charge in [0.1, 0.15) is 5.82 Å². The van der Waals surface area contributed by atoms with Crippen molar-refractivity contribution in [2.75, 3.05) is 32.5 Å². The summed E-state index contributed by atoms with van der Waals surface area (Å²) in [6.45, 7) is 6.23. The number of likely N-dealkylation sites (tertiary alicyclic amines) is 1. The molecule has 1 aromatic heterocycles. The van der Waals surface area contributed by atoms with E-state index >= 15 is 0 Å². The molecule has 1 aliphatic rings. The van der Waals surface area contributed by atoms with Crippen LogP contribution in [0, 0.1) is 0 Å². The first-order valence-electron chi connectivity index (χ1n) is 7.65. The highest BCUT2D eigenvalue weighted by atomic mass is 16.2. The first kappa shape index (κ1) is 15.8. The van der Waals surface area contributed by atoms with Gasteiger partial charge in [0.2, 0.25) is 0 Å². The molecule has 1 saturated heterocycles. The monoisotopic (exact) mass is 290 g/mol. The lowest BCUT2D eigenvalue weighted by atomic mass is 10.0. The van der Waals surface area contributed by atoms with Crippen molar-refractivity contribution < 1.29 is 4.79 Å². The van der Waals surface area contributed by atoms with Crippen molar-refractivity contribution in [1.29, 1.82) is 0 Å². The third kappa shape index (κ3) is 4.17. The molecule has 0 saturated carbocycles. The van der Waals surface area contributed by atoms with Gasteiger partial charge >= 0.3 is 0 Å². The van der Waals surface area contributed by atoms with Gasteiger partial charge in [-0.2, -0.15) is 0 Å². The molecule has 0 unspecified atom stereocenters. The maximum absolute atomic E-state index is 12.5. The van der Waals surface area contributed by atoms with Crippen LogP contribution in [0.1, 0.15) is 37.0 Å². The lowest BCUT2D eigenvalue weighted by Crippen LogP contribution is -2.44. The Morgan fingerprint density at radius 3 is 2.57 bits per heavy atom. The topological polar surface area (TPSA) is 48.5 Å². The molecule has 2 rings (SSSR count). The summed E-state index contributed by atoms with van der Waals surface area (Å²) in [4.78, 5) is 21.0. The Kier molecular flexibility index (Phi) is 5.17. The number of anilines is 1. The highest BCUT2D eigenvalue weighted by Crippen LogP contribution is 2.17.